The number of hydrogen-bond donors (Lipinski definition) is 3. The summed E-state index contributed by atoms with van der Waals surface area (Å²) in [5, 5.41) is 14.4. The Labute approximate surface area is 123 Å². The van der Waals surface area contributed by atoms with Crippen LogP contribution in [0, 0.1) is 5.92 Å². The number of amides is 2. The molecule has 0 spiro atoms. The molecule has 3 N–H and O–H groups in total. The molecule has 0 bridgehead atoms. The van der Waals surface area contributed by atoms with Crippen LogP contribution in [0.25, 0.3) is 0 Å². The van der Waals surface area contributed by atoms with E-state index in [2.05, 4.69) is 10.6 Å². The van der Waals surface area contributed by atoms with Gasteiger partial charge in [-0.3, -0.25) is 4.79 Å². The fraction of sp³-hybridized carbons (Fsp3) is 0.429. The predicted molar refractivity (Wildman–Crippen MR) is 77.8 cm³/mol. The van der Waals surface area contributed by atoms with Crippen molar-refractivity contribution < 1.29 is 14.7 Å². The maximum absolute atomic E-state index is 12.1. The van der Waals surface area contributed by atoms with Gasteiger partial charge < -0.3 is 15.7 Å². The first kappa shape index (κ1) is 16.3. The van der Waals surface area contributed by atoms with E-state index in [-0.39, 0.29) is 17.9 Å². The van der Waals surface area contributed by atoms with E-state index in [1.54, 1.807) is 26.0 Å². The molecule has 1 aromatic rings. The summed E-state index contributed by atoms with van der Waals surface area (Å²) in [6, 6.07) is 6.13. The normalized spacial score (nSPS) is 13.7. The highest BCUT2D eigenvalue weighted by Gasteiger charge is 2.25. The first-order valence-electron chi connectivity index (χ1n) is 6.36. The molecule has 0 fully saturated rings. The van der Waals surface area contributed by atoms with Gasteiger partial charge in [-0.1, -0.05) is 37.6 Å². The Morgan fingerprint density at radius 1 is 1.10 bits per heavy atom. The fourth-order valence-corrected chi connectivity index (χ4v) is 1.93. The zero-order chi connectivity index (χ0) is 15.3. The lowest BCUT2D eigenvalue weighted by Crippen LogP contribution is -2.49. The van der Waals surface area contributed by atoms with Gasteiger partial charge in [-0.25, -0.2) is 4.79 Å². The Bertz CT molecular complexity index is 474. The second-order valence-electron chi connectivity index (χ2n) is 4.95. The average Bonchev–Trinajstić information content (AvgIpc) is 2.35. The summed E-state index contributed by atoms with van der Waals surface area (Å²) in [5.41, 5.74) is 0.903. The van der Waals surface area contributed by atoms with Crippen molar-refractivity contribution in [3.05, 3.63) is 34.9 Å². The van der Waals surface area contributed by atoms with E-state index in [4.69, 9.17) is 16.7 Å². The second-order valence-corrected chi connectivity index (χ2v) is 5.39. The highest BCUT2D eigenvalue weighted by molar-refractivity contribution is 6.30. The van der Waals surface area contributed by atoms with Gasteiger partial charge in [0.2, 0.25) is 5.91 Å². The number of hydrogen-bond acceptors (Lipinski definition) is 2. The van der Waals surface area contributed by atoms with Gasteiger partial charge in [0.05, 0.1) is 6.04 Å². The Morgan fingerprint density at radius 3 is 2.10 bits per heavy atom. The van der Waals surface area contributed by atoms with Crippen molar-refractivity contribution in [3.8, 4) is 0 Å². The van der Waals surface area contributed by atoms with E-state index >= 15 is 0 Å². The number of halogens is 1. The molecule has 2 atom stereocenters. The van der Waals surface area contributed by atoms with Crippen LogP contribution in [0.5, 0.6) is 0 Å². The molecule has 20 heavy (non-hydrogen) atoms. The molecule has 1 aromatic carbocycles. The smallest absolute Gasteiger partial charge is 0.405 e. The molecule has 0 radical (unpaired) electrons. The van der Waals surface area contributed by atoms with Crippen LogP contribution in [0.15, 0.2) is 24.3 Å². The summed E-state index contributed by atoms with van der Waals surface area (Å²) in [4.78, 5) is 22.8. The molecular weight excluding hydrogens is 280 g/mol. The quantitative estimate of drug-likeness (QED) is 0.782. The summed E-state index contributed by atoms with van der Waals surface area (Å²) < 4.78 is 0. The Morgan fingerprint density at radius 2 is 1.65 bits per heavy atom. The molecule has 1 rings (SSSR count). The van der Waals surface area contributed by atoms with Crippen LogP contribution in [0.3, 0.4) is 0 Å². The number of carbonyl (C=O) groups excluding carboxylic acids is 1. The minimum atomic E-state index is -1.21. The van der Waals surface area contributed by atoms with E-state index in [0.29, 0.717) is 5.02 Å². The monoisotopic (exact) mass is 298 g/mol. The third-order valence-electron chi connectivity index (χ3n) is 2.96. The minimum Gasteiger partial charge on any atom is -0.465 e. The first-order valence-corrected chi connectivity index (χ1v) is 6.74. The van der Waals surface area contributed by atoms with E-state index < -0.39 is 12.1 Å². The van der Waals surface area contributed by atoms with Crippen LogP contribution in [0.1, 0.15) is 32.4 Å². The number of nitrogens with one attached hydrogen (secondary N) is 2. The van der Waals surface area contributed by atoms with Crippen LogP contribution in [0.4, 0.5) is 4.79 Å². The Hall–Kier alpha value is -1.75. The highest BCUT2D eigenvalue weighted by Crippen LogP contribution is 2.16. The zero-order valence-electron chi connectivity index (χ0n) is 11.7. The molecule has 0 heterocycles. The van der Waals surface area contributed by atoms with Crippen molar-refractivity contribution in [1.29, 1.82) is 0 Å². The van der Waals surface area contributed by atoms with Crippen LogP contribution >= 0.6 is 11.6 Å². The second kappa shape index (κ2) is 7.14. The van der Waals surface area contributed by atoms with Gasteiger partial charge in [0.15, 0.2) is 0 Å². The number of benzene rings is 1. The third-order valence-corrected chi connectivity index (χ3v) is 3.21. The fourth-order valence-electron chi connectivity index (χ4n) is 1.81. The first-order chi connectivity index (χ1) is 9.31. The summed E-state index contributed by atoms with van der Waals surface area (Å²) in [5.74, 6) is -0.478. The summed E-state index contributed by atoms with van der Waals surface area (Å²) in [6.07, 6.45) is -1.21. The molecule has 0 aliphatic heterocycles. The van der Waals surface area contributed by atoms with E-state index in [1.807, 2.05) is 19.1 Å². The lowest BCUT2D eigenvalue weighted by atomic mass is 10.0. The Balaban J connectivity index is 2.72. The molecule has 110 valence electrons. The van der Waals surface area contributed by atoms with Crippen LogP contribution in [0.2, 0.25) is 5.02 Å². The lowest BCUT2D eigenvalue weighted by Gasteiger charge is -2.23. The lowest BCUT2D eigenvalue weighted by molar-refractivity contribution is -0.124. The van der Waals surface area contributed by atoms with Gasteiger partial charge >= 0.3 is 6.09 Å². The van der Waals surface area contributed by atoms with Gasteiger partial charge in [0, 0.05) is 5.02 Å². The molecule has 0 aliphatic rings. The average molecular weight is 299 g/mol. The van der Waals surface area contributed by atoms with Gasteiger partial charge in [-0.05, 0) is 30.5 Å². The molecule has 0 saturated heterocycles. The number of carbonyl (C=O) groups is 2. The standard InChI is InChI=1S/C14H19ClN2O3/c1-8(2)12(17-14(19)20)13(18)16-9(3)10-4-6-11(15)7-5-10/h4-9,12,17H,1-3H3,(H,16,18)(H,19,20). The minimum absolute atomic E-state index is 0.136. The van der Waals surface area contributed by atoms with Gasteiger partial charge in [-0.15, -0.1) is 0 Å². The maximum Gasteiger partial charge on any atom is 0.405 e. The third kappa shape index (κ3) is 4.74. The molecule has 5 nitrogen and oxygen atoms in total. The van der Waals surface area contributed by atoms with Crippen molar-refractivity contribution in [3.63, 3.8) is 0 Å². The largest absolute Gasteiger partial charge is 0.465 e. The van der Waals surface area contributed by atoms with Crippen molar-refractivity contribution in [1.82, 2.24) is 10.6 Å². The van der Waals surface area contributed by atoms with Crippen LogP contribution in [-0.2, 0) is 4.79 Å². The number of rotatable bonds is 5. The maximum atomic E-state index is 12.1. The predicted octanol–water partition coefficient (Wildman–Crippen LogP) is 2.81. The molecular formula is C14H19ClN2O3. The van der Waals surface area contributed by atoms with Crippen molar-refractivity contribution >= 4 is 23.6 Å². The van der Waals surface area contributed by atoms with E-state index in [9.17, 15) is 9.59 Å². The zero-order valence-corrected chi connectivity index (χ0v) is 12.4. The highest BCUT2D eigenvalue weighted by atomic mass is 35.5. The van der Waals surface area contributed by atoms with Gasteiger partial charge in [0.1, 0.15) is 6.04 Å². The van der Waals surface area contributed by atoms with Crippen molar-refractivity contribution in [2.24, 2.45) is 5.92 Å². The summed E-state index contributed by atoms with van der Waals surface area (Å²) in [7, 11) is 0. The van der Waals surface area contributed by atoms with Gasteiger partial charge in [-0.2, -0.15) is 0 Å². The molecule has 2 amide bonds. The summed E-state index contributed by atoms with van der Waals surface area (Å²) in [6.45, 7) is 5.40. The molecule has 0 saturated carbocycles. The Kier molecular flexibility index (Phi) is 5.82. The SMILES string of the molecule is CC(NC(=O)C(NC(=O)O)C(C)C)c1ccc(Cl)cc1. The van der Waals surface area contributed by atoms with Crippen molar-refractivity contribution in [2.75, 3.05) is 0 Å². The molecule has 0 aliphatic carbocycles. The van der Waals surface area contributed by atoms with Crippen molar-refractivity contribution in [2.45, 2.75) is 32.9 Å². The van der Waals surface area contributed by atoms with Crippen LogP contribution < -0.4 is 10.6 Å². The number of carboxylic acid groups (broad SMARTS) is 1. The van der Waals surface area contributed by atoms with Crippen LogP contribution in [-0.4, -0.2) is 23.1 Å². The molecule has 2 unspecified atom stereocenters. The molecule has 0 aromatic heterocycles. The molecule has 6 heteroatoms. The van der Waals surface area contributed by atoms with E-state index in [0.717, 1.165) is 5.56 Å². The van der Waals surface area contributed by atoms with E-state index in [1.165, 1.54) is 0 Å². The topological polar surface area (TPSA) is 78.4 Å². The summed E-state index contributed by atoms with van der Waals surface area (Å²) >= 11 is 5.81. The van der Waals surface area contributed by atoms with Gasteiger partial charge in [0.25, 0.3) is 0 Å².